The van der Waals surface area contributed by atoms with Crippen LogP contribution in [0.15, 0.2) is 54.6 Å². The quantitative estimate of drug-likeness (QED) is 0.854. The summed E-state index contributed by atoms with van der Waals surface area (Å²) in [4.78, 5) is 14.7. The first-order valence-corrected chi connectivity index (χ1v) is 8.13. The molecule has 0 unspecified atom stereocenters. The maximum absolute atomic E-state index is 12.3. The molecule has 2 aromatic rings. The molecular formula is C19H23N3O. The van der Waals surface area contributed by atoms with Crippen LogP contribution in [0.5, 0.6) is 0 Å². The molecule has 1 heterocycles. The van der Waals surface area contributed by atoms with Crippen molar-refractivity contribution in [1.82, 2.24) is 10.2 Å². The lowest BCUT2D eigenvalue weighted by molar-refractivity contribution is 0.0909. The number of anilines is 1. The fourth-order valence-electron chi connectivity index (χ4n) is 3.03. The lowest BCUT2D eigenvalue weighted by Crippen LogP contribution is -2.44. The van der Waals surface area contributed by atoms with E-state index in [4.69, 9.17) is 5.73 Å². The van der Waals surface area contributed by atoms with Gasteiger partial charge in [-0.3, -0.25) is 9.69 Å². The lowest BCUT2D eigenvalue weighted by Gasteiger charge is -2.32. The number of amides is 1. The van der Waals surface area contributed by atoms with Gasteiger partial charge in [0.15, 0.2) is 0 Å². The summed E-state index contributed by atoms with van der Waals surface area (Å²) < 4.78 is 0. The second kappa shape index (κ2) is 7.29. The van der Waals surface area contributed by atoms with Gasteiger partial charge in [-0.1, -0.05) is 36.4 Å². The molecule has 0 aromatic heterocycles. The van der Waals surface area contributed by atoms with Crippen LogP contribution in [0.4, 0.5) is 5.69 Å². The van der Waals surface area contributed by atoms with E-state index in [2.05, 4.69) is 34.5 Å². The molecule has 1 aliphatic heterocycles. The zero-order chi connectivity index (χ0) is 16.1. The smallest absolute Gasteiger partial charge is 0.251 e. The van der Waals surface area contributed by atoms with Gasteiger partial charge in [-0.2, -0.15) is 0 Å². The minimum Gasteiger partial charge on any atom is -0.399 e. The van der Waals surface area contributed by atoms with Gasteiger partial charge in [-0.05, 0) is 36.6 Å². The minimum absolute atomic E-state index is 0.0289. The average molecular weight is 309 g/mol. The molecule has 0 saturated carbocycles. The molecule has 0 aliphatic carbocycles. The van der Waals surface area contributed by atoms with E-state index in [1.807, 2.05) is 12.1 Å². The molecule has 1 fully saturated rings. The van der Waals surface area contributed by atoms with Gasteiger partial charge in [0.05, 0.1) is 0 Å². The number of carbonyl (C=O) groups excluding carboxylic acids is 1. The summed E-state index contributed by atoms with van der Waals surface area (Å²) in [6.07, 6.45) is 1.97. The number of piperidine rings is 1. The van der Waals surface area contributed by atoms with Crippen molar-refractivity contribution in [2.45, 2.75) is 25.4 Å². The highest BCUT2D eigenvalue weighted by Gasteiger charge is 2.21. The standard InChI is InChI=1S/C19H23N3O/c20-17-8-4-7-16(13-17)19(23)21-18-9-11-22(12-10-18)14-15-5-2-1-3-6-15/h1-8,13,18H,9-12,14,20H2,(H,21,23). The van der Waals surface area contributed by atoms with Crippen molar-refractivity contribution in [1.29, 1.82) is 0 Å². The van der Waals surface area contributed by atoms with Gasteiger partial charge in [0.25, 0.3) is 5.91 Å². The number of carbonyl (C=O) groups is 1. The molecule has 1 aliphatic rings. The molecule has 0 spiro atoms. The van der Waals surface area contributed by atoms with E-state index in [9.17, 15) is 4.79 Å². The van der Waals surface area contributed by atoms with Crippen molar-refractivity contribution >= 4 is 11.6 Å². The summed E-state index contributed by atoms with van der Waals surface area (Å²) in [5.41, 5.74) is 8.33. The average Bonchev–Trinajstić information content (AvgIpc) is 2.57. The number of likely N-dealkylation sites (tertiary alicyclic amines) is 1. The van der Waals surface area contributed by atoms with Gasteiger partial charge < -0.3 is 11.1 Å². The lowest BCUT2D eigenvalue weighted by atomic mass is 10.0. The molecule has 120 valence electrons. The van der Waals surface area contributed by atoms with Crippen LogP contribution in [0, 0.1) is 0 Å². The topological polar surface area (TPSA) is 58.4 Å². The predicted molar refractivity (Wildman–Crippen MR) is 93.1 cm³/mol. The van der Waals surface area contributed by atoms with Crippen molar-refractivity contribution in [3.8, 4) is 0 Å². The van der Waals surface area contributed by atoms with Crippen LogP contribution in [0.3, 0.4) is 0 Å². The van der Waals surface area contributed by atoms with Crippen LogP contribution < -0.4 is 11.1 Å². The van der Waals surface area contributed by atoms with E-state index in [-0.39, 0.29) is 11.9 Å². The van der Waals surface area contributed by atoms with Gasteiger partial charge in [0.2, 0.25) is 0 Å². The van der Waals surface area contributed by atoms with E-state index in [1.165, 1.54) is 5.56 Å². The largest absolute Gasteiger partial charge is 0.399 e. The highest BCUT2D eigenvalue weighted by molar-refractivity contribution is 5.95. The van der Waals surface area contributed by atoms with Gasteiger partial charge in [0.1, 0.15) is 0 Å². The Labute approximate surface area is 137 Å². The summed E-state index contributed by atoms with van der Waals surface area (Å²) >= 11 is 0. The predicted octanol–water partition coefficient (Wildman–Crippen LogP) is 2.66. The number of hydrogen-bond donors (Lipinski definition) is 2. The third kappa shape index (κ3) is 4.33. The first-order chi connectivity index (χ1) is 11.2. The molecule has 0 atom stereocenters. The van der Waals surface area contributed by atoms with Crippen molar-refractivity contribution in [3.63, 3.8) is 0 Å². The number of nitrogen functional groups attached to an aromatic ring is 1. The second-order valence-electron chi connectivity index (χ2n) is 6.13. The third-order valence-corrected chi connectivity index (χ3v) is 4.32. The molecule has 3 N–H and O–H groups in total. The van der Waals surface area contributed by atoms with E-state index in [0.29, 0.717) is 11.3 Å². The number of rotatable bonds is 4. The van der Waals surface area contributed by atoms with Crippen molar-refractivity contribution in [2.75, 3.05) is 18.8 Å². The van der Waals surface area contributed by atoms with Gasteiger partial charge in [0, 0.05) is 36.9 Å². The normalized spacial score (nSPS) is 16.2. The molecule has 4 heteroatoms. The molecular weight excluding hydrogens is 286 g/mol. The summed E-state index contributed by atoms with van der Waals surface area (Å²) in [6.45, 7) is 3.00. The maximum atomic E-state index is 12.3. The fourth-order valence-corrected chi connectivity index (χ4v) is 3.03. The number of nitrogens with zero attached hydrogens (tertiary/aromatic N) is 1. The molecule has 1 amide bonds. The van der Waals surface area contributed by atoms with Crippen molar-refractivity contribution < 1.29 is 4.79 Å². The first kappa shape index (κ1) is 15.6. The second-order valence-corrected chi connectivity index (χ2v) is 6.13. The third-order valence-electron chi connectivity index (χ3n) is 4.32. The highest BCUT2D eigenvalue weighted by Crippen LogP contribution is 2.15. The van der Waals surface area contributed by atoms with Crippen LogP contribution in [0.1, 0.15) is 28.8 Å². The number of hydrogen-bond acceptors (Lipinski definition) is 3. The van der Waals surface area contributed by atoms with Crippen LogP contribution in [-0.4, -0.2) is 29.9 Å². The minimum atomic E-state index is -0.0289. The van der Waals surface area contributed by atoms with Crippen LogP contribution in [-0.2, 0) is 6.54 Å². The van der Waals surface area contributed by atoms with E-state index < -0.39 is 0 Å². The van der Waals surface area contributed by atoms with Gasteiger partial charge >= 0.3 is 0 Å². The van der Waals surface area contributed by atoms with Crippen LogP contribution in [0.25, 0.3) is 0 Å². The molecule has 1 saturated heterocycles. The Morgan fingerprint density at radius 1 is 1.09 bits per heavy atom. The SMILES string of the molecule is Nc1cccc(C(=O)NC2CCN(Cc3ccccc3)CC2)c1. The molecule has 2 aromatic carbocycles. The summed E-state index contributed by atoms with van der Waals surface area (Å²) in [7, 11) is 0. The Bertz CT molecular complexity index is 649. The summed E-state index contributed by atoms with van der Waals surface area (Å²) in [6, 6.07) is 17.9. The Morgan fingerprint density at radius 3 is 2.52 bits per heavy atom. The zero-order valence-corrected chi connectivity index (χ0v) is 13.2. The van der Waals surface area contributed by atoms with E-state index in [1.54, 1.807) is 18.2 Å². The first-order valence-electron chi connectivity index (χ1n) is 8.13. The monoisotopic (exact) mass is 309 g/mol. The van der Waals surface area contributed by atoms with Crippen LogP contribution >= 0.6 is 0 Å². The van der Waals surface area contributed by atoms with E-state index in [0.717, 1.165) is 32.5 Å². The maximum Gasteiger partial charge on any atom is 0.251 e. The van der Waals surface area contributed by atoms with Crippen molar-refractivity contribution in [2.24, 2.45) is 0 Å². The molecule has 4 nitrogen and oxygen atoms in total. The zero-order valence-electron chi connectivity index (χ0n) is 13.2. The van der Waals surface area contributed by atoms with Gasteiger partial charge in [-0.25, -0.2) is 0 Å². The number of nitrogens with two attached hydrogens (primary N) is 1. The number of nitrogens with one attached hydrogen (secondary N) is 1. The van der Waals surface area contributed by atoms with Gasteiger partial charge in [-0.15, -0.1) is 0 Å². The van der Waals surface area contributed by atoms with E-state index >= 15 is 0 Å². The Morgan fingerprint density at radius 2 is 1.83 bits per heavy atom. The summed E-state index contributed by atoms with van der Waals surface area (Å²) in [5, 5.41) is 3.13. The summed E-state index contributed by atoms with van der Waals surface area (Å²) in [5.74, 6) is -0.0289. The number of benzene rings is 2. The molecule has 23 heavy (non-hydrogen) atoms. The Hall–Kier alpha value is -2.33. The molecule has 0 bridgehead atoms. The van der Waals surface area contributed by atoms with Crippen molar-refractivity contribution in [3.05, 3.63) is 65.7 Å². The van der Waals surface area contributed by atoms with Crippen LogP contribution in [0.2, 0.25) is 0 Å². The highest BCUT2D eigenvalue weighted by atomic mass is 16.1. The Kier molecular flexibility index (Phi) is 4.93. The fraction of sp³-hybridized carbons (Fsp3) is 0.316. The Balaban J connectivity index is 1.48. The molecule has 0 radical (unpaired) electrons. The molecule has 3 rings (SSSR count).